The van der Waals surface area contributed by atoms with Gasteiger partial charge in [-0.05, 0) is 18.2 Å². The number of methoxy groups -OCH3 is 1. The minimum atomic E-state index is -0.256. The minimum absolute atomic E-state index is 0. The summed E-state index contributed by atoms with van der Waals surface area (Å²) in [7, 11) is 1.38. The van der Waals surface area contributed by atoms with E-state index in [1.54, 1.807) is 18.2 Å². The Morgan fingerprint density at radius 2 is 1.35 bits per heavy atom. The van der Waals surface area contributed by atoms with E-state index < -0.39 is 0 Å². The largest absolute Gasteiger partial charge is 0.466 e. The van der Waals surface area contributed by atoms with Crippen LogP contribution in [0.25, 0.3) is 0 Å². The van der Waals surface area contributed by atoms with Crippen LogP contribution in [0, 0.1) is 0 Å². The van der Waals surface area contributed by atoms with Crippen LogP contribution in [0.5, 0.6) is 0 Å². The van der Waals surface area contributed by atoms with Gasteiger partial charge in [-0.2, -0.15) is 0 Å². The molecule has 23 heavy (non-hydrogen) atoms. The van der Waals surface area contributed by atoms with Gasteiger partial charge in [0.15, 0.2) is 0 Å². The average molecular weight is 429 g/mol. The summed E-state index contributed by atoms with van der Waals surface area (Å²) >= 11 is 0. The molecule has 4 radical (unpaired) electrons. The molecule has 0 bridgehead atoms. The van der Waals surface area contributed by atoms with Crippen molar-refractivity contribution in [2.45, 2.75) is 86.5 Å². The fraction of sp³-hybridized carbons (Fsp3) is 0.700. The number of ether oxygens (including phenoxy) is 1. The van der Waals surface area contributed by atoms with Crippen LogP contribution in [0.15, 0.2) is 29.5 Å². The molecule has 0 aromatic heterocycles. The Kier molecular flexibility index (Phi) is 39.0. The van der Waals surface area contributed by atoms with Crippen molar-refractivity contribution in [3.8, 4) is 0 Å². The topological polar surface area (TPSA) is 26.3 Å². The normalized spacial score (nSPS) is 10.3. The molecule has 0 saturated carbocycles. The third-order valence-corrected chi connectivity index (χ3v) is 2.77. The zero-order chi connectivity index (χ0) is 17.6. The molecule has 0 N–H and O–H groups in total. The zero-order valence-corrected chi connectivity index (χ0v) is 19.4. The van der Waals surface area contributed by atoms with Crippen LogP contribution in [0.4, 0.5) is 0 Å². The van der Waals surface area contributed by atoms with Crippen molar-refractivity contribution < 1.29 is 9.53 Å². The number of rotatable bonds is 4. The van der Waals surface area contributed by atoms with Crippen molar-refractivity contribution in [1.82, 2.24) is 0 Å². The van der Waals surface area contributed by atoms with Gasteiger partial charge in [0.25, 0.3) is 0 Å². The number of hydrogen-bond acceptors (Lipinski definition) is 2. The van der Waals surface area contributed by atoms with Crippen LogP contribution < -0.4 is 0 Å². The van der Waals surface area contributed by atoms with Crippen LogP contribution in [0.1, 0.15) is 86.5 Å². The van der Waals surface area contributed by atoms with Gasteiger partial charge in [0.1, 0.15) is 0 Å². The van der Waals surface area contributed by atoms with E-state index in [2.05, 4.69) is 52.0 Å². The third-order valence-electron chi connectivity index (χ3n) is 2.77. The molecule has 0 unspecified atom stereocenters. The van der Waals surface area contributed by atoms with E-state index in [9.17, 15) is 4.79 Å². The molecule has 1 aliphatic carbocycles. The van der Waals surface area contributed by atoms with Crippen molar-refractivity contribution in [1.29, 1.82) is 0 Å². The molecule has 1 aliphatic rings. The first-order valence-corrected chi connectivity index (χ1v) is 8.77. The maximum absolute atomic E-state index is 10.8. The van der Waals surface area contributed by atoms with Crippen LogP contribution in [-0.4, -0.2) is 37.0 Å². The van der Waals surface area contributed by atoms with Crippen LogP contribution in [0.3, 0.4) is 0 Å². The Bertz CT molecular complexity index is 298. The number of esters is 1. The fourth-order valence-electron chi connectivity index (χ4n) is 0.736. The monoisotopic (exact) mass is 430 g/mol. The molecule has 0 aromatic rings. The molecule has 1 rings (SSSR count). The standard InChI is InChI=1S/C8H8O2.3C4H10.Sn/c1-10-8(9)7-5-3-2-4-6-7;3*1-3-4-2;/h3-5H,6H2,1H3;3*3-4H2,1-2H3;. The summed E-state index contributed by atoms with van der Waals surface area (Å²) in [5.74, 6) is -0.256. The quantitative estimate of drug-likeness (QED) is 0.301. The maximum atomic E-state index is 10.8. The van der Waals surface area contributed by atoms with Crippen molar-refractivity contribution in [3.63, 3.8) is 0 Å². The van der Waals surface area contributed by atoms with E-state index in [4.69, 9.17) is 0 Å². The minimum Gasteiger partial charge on any atom is -0.466 e. The first-order chi connectivity index (χ1) is 10.6. The fourth-order valence-corrected chi connectivity index (χ4v) is 0.736. The van der Waals surface area contributed by atoms with Crippen molar-refractivity contribution in [3.05, 3.63) is 29.5 Å². The molecule has 0 atom stereocenters. The van der Waals surface area contributed by atoms with E-state index in [1.165, 1.54) is 45.6 Å². The number of hydrogen-bond donors (Lipinski definition) is 0. The molecular weight excluding hydrogens is 391 g/mol. The average Bonchev–Trinajstić information content (AvgIpc) is 2.62. The predicted octanol–water partition coefficient (Wildman–Crippen LogP) is 6.24. The van der Waals surface area contributed by atoms with Gasteiger partial charge in [0.05, 0.1) is 7.11 Å². The van der Waals surface area contributed by atoms with Gasteiger partial charge >= 0.3 is 5.97 Å². The van der Waals surface area contributed by atoms with Gasteiger partial charge in [0, 0.05) is 35.9 Å². The third kappa shape index (κ3) is 30.1. The molecule has 3 heteroatoms. The van der Waals surface area contributed by atoms with E-state index >= 15 is 0 Å². The summed E-state index contributed by atoms with van der Waals surface area (Å²) in [6, 6.07) is 0. The molecule has 0 aromatic carbocycles. The molecule has 0 fully saturated rings. The van der Waals surface area contributed by atoms with Gasteiger partial charge in [-0.1, -0.05) is 80.1 Å². The smallest absolute Gasteiger partial charge is 0.334 e. The Hall–Kier alpha value is -0.471. The van der Waals surface area contributed by atoms with Gasteiger partial charge < -0.3 is 4.74 Å². The Morgan fingerprint density at radius 1 is 0.957 bits per heavy atom. The Balaban J connectivity index is -0.000000118. The second kappa shape index (κ2) is 29.5. The first-order valence-electron chi connectivity index (χ1n) is 8.77. The predicted molar refractivity (Wildman–Crippen MR) is 105 cm³/mol. The summed E-state index contributed by atoms with van der Waals surface area (Å²) in [5, 5.41) is 0. The van der Waals surface area contributed by atoms with Crippen molar-refractivity contribution >= 4 is 29.9 Å². The molecule has 0 amide bonds. The summed E-state index contributed by atoms with van der Waals surface area (Å²) in [6.45, 7) is 13.1. The number of carbonyl (C=O) groups is 1. The SMILES string of the molecule is CCCC.CCCC.CCCC.COC(=O)C1=CC=C=CC1.[Sn]. The van der Waals surface area contributed by atoms with E-state index in [0.29, 0.717) is 12.0 Å². The summed E-state index contributed by atoms with van der Waals surface area (Å²) in [4.78, 5) is 10.8. The molecular formula is C20H38O2Sn. The Labute approximate surface area is 162 Å². The van der Waals surface area contributed by atoms with Crippen LogP contribution >= 0.6 is 0 Å². The number of unbranched alkanes of at least 4 members (excludes halogenated alkanes) is 3. The van der Waals surface area contributed by atoms with E-state index in [0.717, 1.165) is 0 Å². The molecule has 2 nitrogen and oxygen atoms in total. The second-order valence-corrected chi connectivity index (χ2v) is 4.93. The first kappa shape index (κ1) is 30.4. The molecule has 134 valence electrons. The van der Waals surface area contributed by atoms with Gasteiger partial charge in [-0.25, -0.2) is 4.79 Å². The number of carbonyl (C=O) groups excluding carboxylic acids is 1. The van der Waals surface area contributed by atoms with E-state index in [-0.39, 0.29) is 29.9 Å². The van der Waals surface area contributed by atoms with E-state index in [1.807, 2.05) is 0 Å². The maximum Gasteiger partial charge on any atom is 0.334 e. The Morgan fingerprint density at radius 3 is 1.57 bits per heavy atom. The molecule has 0 saturated heterocycles. The molecule has 0 heterocycles. The van der Waals surface area contributed by atoms with Gasteiger partial charge in [0.2, 0.25) is 0 Å². The van der Waals surface area contributed by atoms with Crippen LogP contribution in [0.2, 0.25) is 0 Å². The van der Waals surface area contributed by atoms with Gasteiger partial charge in [-0.15, -0.1) is 5.73 Å². The summed E-state index contributed by atoms with van der Waals surface area (Å²) < 4.78 is 4.51. The second-order valence-electron chi connectivity index (χ2n) is 4.93. The number of allylic oxidation sites excluding steroid dienone is 2. The summed E-state index contributed by atoms with van der Waals surface area (Å²) in [5.41, 5.74) is 3.54. The van der Waals surface area contributed by atoms with Gasteiger partial charge in [-0.3, -0.25) is 0 Å². The van der Waals surface area contributed by atoms with Crippen LogP contribution in [-0.2, 0) is 9.53 Å². The van der Waals surface area contributed by atoms with Crippen molar-refractivity contribution in [2.75, 3.05) is 7.11 Å². The zero-order valence-electron chi connectivity index (χ0n) is 16.5. The van der Waals surface area contributed by atoms with Crippen molar-refractivity contribution in [2.24, 2.45) is 0 Å². The molecule has 0 aliphatic heterocycles. The summed E-state index contributed by atoms with van der Waals surface area (Å²) in [6.07, 6.45) is 13.8. The molecule has 0 spiro atoms.